The van der Waals surface area contributed by atoms with Crippen LogP contribution in [0, 0.1) is 23.7 Å². The van der Waals surface area contributed by atoms with Crippen molar-refractivity contribution in [2.75, 3.05) is 0 Å². The van der Waals surface area contributed by atoms with Crippen molar-refractivity contribution in [1.29, 1.82) is 0 Å². The molecule has 90 valence electrons. The van der Waals surface area contributed by atoms with Gasteiger partial charge in [-0.2, -0.15) is 0 Å². The molecule has 0 aromatic carbocycles. The lowest BCUT2D eigenvalue weighted by atomic mass is 9.82. The van der Waals surface area contributed by atoms with E-state index in [-0.39, 0.29) is 0 Å². The first kappa shape index (κ1) is 14.7. The standard InChI is InChI=1S/C15H30/c1-7-9-15(14(6)13(4)5)11-8-10-12(2)3/h8,11-15H,7,9-10H2,1-6H3. The summed E-state index contributed by atoms with van der Waals surface area (Å²) in [4.78, 5) is 0. The van der Waals surface area contributed by atoms with Gasteiger partial charge in [-0.1, -0.05) is 60.1 Å². The summed E-state index contributed by atoms with van der Waals surface area (Å²) in [6, 6.07) is 0. The predicted octanol–water partition coefficient (Wildman–Crippen LogP) is 5.30. The van der Waals surface area contributed by atoms with E-state index in [9.17, 15) is 0 Å². The van der Waals surface area contributed by atoms with E-state index in [1.54, 1.807) is 0 Å². The Hall–Kier alpha value is -0.260. The highest BCUT2D eigenvalue weighted by Gasteiger charge is 2.16. The summed E-state index contributed by atoms with van der Waals surface area (Å²) in [5.74, 6) is 3.19. The van der Waals surface area contributed by atoms with Gasteiger partial charge in [0.25, 0.3) is 0 Å². The van der Waals surface area contributed by atoms with Crippen LogP contribution in [0.15, 0.2) is 12.2 Å². The molecule has 0 aliphatic heterocycles. The van der Waals surface area contributed by atoms with E-state index in [2.05, 4.69) is 53.7 Å². The molecule has 0 saturated heterocycles. The van der Waals surface area contributed by atoms with Gasteiger partial charge in [0.05, 0.1) is 0 Å². The summed E-state index contributed by atoms with van der Waals surface area (Å²) >= 11 is 0. The van der Waals surface area contributed by atoms with E-state index >= 15 is 0 Å². The van der Waals surface area contributed by atoms with Crippen LogP contribution in [0.1, 0.15) is 60.8 Å². The Morgan fingerprint density at radius 3 is 2.00 bits per heavy atom. The Bertz CT molecular complexity index is 165. The smallest absolute Gasteiger partial charge is 0.0205 e. The Balaban J connectivity index is 4.20. The number of hydrogen-bond acceptors (Lipinski definition) is 0. The van der Waals surface area contributed by atoms with Gasteiger partial charge in [-0.05, 0) is 36.5 Å². The molecule has 0 nitrogen and oxygen atoms in total. The Morgan fingerprint density at radius 1 is 1.00 bits per heavy atom. The summed E-state index contributed by atoms with van der Waals surface area (Å²) in [5, 5.41) is 0. The molecule has 0 aliphatic rings. The molecule has 0 heterocycles. The Morgan fingerprint density at radius 2 is 1.60 bits per heavy atom. The zero-order chi connectivity index (χ0) is 11.8. The summed E-state index contributed by atoms with van der Waals surface area (Å²) in [5.41, 5.74) is 0. The highest BCUT2D eigenvalue weighted by Crippen LogP contribution is 2.26. The van der Waals surface area contributed by atoms with E-state index in [1.165, 1.54) is 19.3 Å². The van der Waals surface area contributed by atoms with Crippen LogP contribution in [0.4, 0.5) is 0 Å². The van der Waals surface area contributed by atoms with Crippen LogP contribution in [0.5, 0.6) is 0 Å². The first-order valence-corrected chi connectivity index (χ1v) is 6.65. The molecule has 2 atom stereocenters. The molecular weight excluding hydrogens is 180 g/mol. The van der Waals surface area contributed by atoms with Crippen LogP contribution >= 0.6 is 0 Å². The Kier molecular flexibility index (Phi) is 7.82. The SMILES string of the molecule is CCCC(C=CCC(C)C)C(C)C(C)C. The van der Waals surface area contributed by atoms with Crippen molar-refractivity contribution in [3.05, 3.63) is 12.2 Å². The zero-order valence-electron chi connectivity index (χ0n) is 11.6. The highest BCUT2D eigenvalue weighted by atomic mass is 14.2. The van der Waals surface area contributed by atoms with Crippen LogP contribution < -0.4 is 0 Å². The lowest BCUT2D eigenvalue weighted by Crippen LogP contribution is -2.15. The maximum absolute atomic E-state index is 2.47. The molecule has 15 heavy (non-hydrogen) atoms. The minimum absolute atomic E-state index is 0.786. The molecule has 0 aromatic heterocycles. The highest BCUT2D eigenvalue weighted by molar-refractivity contribution is 4.91. The topological polar surface area (TPSA) is 0 Å². The molecule has 0 heteroatoms. The molecule has 0 rings (SSSR count). The van der Waals surface area contributed by atoms with Gasteiger partial charge < -0.3 is 0 Å². The third-order valence-corrected chi connectivity index (χ3v) is 3.34. The van der Waals surface area contributed by atoms with Gasteiger partial charge in [-0.25, -0.2) is 0 Å². The summed E-state index contributed by atoms with van der Waals surface area (Å²) in [6.07, 6.45) is 8.73. The van der Waals surface area contributed by atoms with E-state index in [1.807, 2.05) is 0 Å². The molecule has 0 amide bonds. The van der Waals surface area contributed by atoms with Gasteiger partial charge >= 0.3 is 0 Å². The van der Waals surface area contributed by atoms with Crippen molar-refractivity contribution < 1.29 is 0 Å². The van der Waals surface area contributed by atoms with Gasteiger partial charge in [-0.15, -0.1) is 0 Å². The van der Waals surface area contributed by atoms with Crippen LogP contribution in [-0.4, -0.2) is 0 Å². The number of rotatable bonds is 7. The van der Waals surface area contributed by atoms with Gasteiger partial charge in [0.15, 0.2) is 0 Å². The summed E-state index contributed by atoms with van der Waals surface area (Å²) in [6.45, 7) is 13.9. The van der Waals surface area contributed by atoms with Crippen molar-refractivity contribution in [3.8, 4) is 0 Å². The Labute approximate surface area is 97.2 Å². The lowest BCUT2D eigenvalue weighted by Gasteiger charge is -2.24. The summed E-state index contributed by atoms with van der Waals surface area (Å²) < 4.78 is 0. The molecule has 0 N–H and O–H groups in total. The van der Waals surface area contributed by atoms with Crippen LogP contribution in [0.2, 0.25) is 0 Å². The number of hydrogen-bond donors (Lipinski definition) is 0. The van der Waals surface area contributed by atoms with E-state index < -0.39 is 0 Å². The minimum Gasteiger partial charge on any atom is -0.0880 e. The largest absolute Gasteiger partial charge is 0.0880 e. The maximum atomic E-state index is 2.47. The average molecular weight is 210 g/mol. The third kappa shape index (κ3) is 6.76. The molecule has 0 fully saturated rings. The quantitative estimate of drug-likeness (QED) is 0.500. The van der Waals surface area contributed by atoms with Gasteiger partial charge in [-0.3, -0.25) is 0 Å². The third-order valence-electron chi connectivity index (χ3n) is 3.34. The second-order valence-electron chi connectivity index (χ2n) is 5.61. The molecule has 0 aliphatic carbocycles. The van der Waals surface area contributed by atoms with E-state index in [0.717, 1.165) is 23.7 Å². The molecule has 0 bridgehead atoms. The fourth-order valence-electron chi connectivity index (χ4n) is 1.89. The molecule has 2 unspecified atom stereocenters. The van der Waals surface area contributed by atoms with Crippen molar-refractivity contribution in [2.24, 2.45) is 23.7 Å². The van der Waals surface area contributed by atoms with Crippen LogP contribution in [0.25, 0.3) is 0 Å². The zero-order valence-corrected chi connectivity index (χ0v) is 11.6. The van der Waals surface area contributed by atoms with Crippen molar-refractivity contribution in [1.82, 2.24) is 0 Å². The summed E-state index contributed by atoms with van der Waals surface area (Å²) in [7, 11) is 0. The van der Waals surface area contributed by atoms with Gasteiger partial charge in [0.1, 0.15) is 0 Å². The van der Waals surface area contributed by atoms with E-state index in [0.29, 0.717) is 0 Å². The molecule has 0 spiro atoms. The monoisotopic (exact) mass is 210 g/mol. The van der Waals surface area contributed by atoms with Crippen LogP contribution in [0.3, 0.4) is 0 Å². The van der Waals surface area contributed by atoms with Crippen LogP contribution in [-0.2, 0) is 0 Å². The lowest BCUT2D eigenvalue weighted by molar-refractivity contribution is 0.308. The molecular formula is C15H30. The second-order valence-corrected chi connectivity index (χ2v) is 5.61. The first-order valence-electron chi connectivity index (χ1n) is 6.65. The maximum Gasteiger partial charge on any atom is -0.0205 e. The van der Waals surface area contributed by atoms with Crippen molar-refractivity contribution in [3.63, 3.8) is 0 Å². The fourth-order valence-corrected chi connectivity index (χ4v) is 1.89. The molecule has 0 aromatic rings. The average Bonchev–Trinajstić information content (AvgIpc) is 2.14. The molecule has 0 saturated carbocycles. The normalized spacial score (nSPS) is 16.5. The van der Waals surface area contributed by atoms with Crippen molar-refractivity contribution in [2.45, 2.75) is 60.8 Å². The number of allylic oxidation sites excluding steroid dienone is 2. The second kappa shape index (κ2) is 7.96. The fraction of sp³-hybridized carbons (Fsp3) is 0.867. The first-order chi connectivity index (χ1) is 6.99. The van der Waals surface area contributed by atoms with Gasteiger partial charge in [0.2, 0.25) is 0 Å². The predicted molar refractivity (Wildman–Crippen MR) is 71.0 cm³/mol. The minimum atomic E-state index is 0.786. The molecule has 0 radical (unpaired) electrons. The van der Waals surface area contributed by atoms with Gasteiger partial charge in [0, 0.05) is 0 Å². The van der Waals surface area contributed by atoms with Crippen molar-refractivity contribution >= 4 is 0 Å². The van der Waals surface area contributed by atoms with E-state index in [4.69, 9.17) is 0 Å².